The normalized spacial score (nSPS) is 12.4. The summed E-state index contributed by atoms with van der Waals surface area (Å²) in [7, 11) is 1.59. The third-order valence-electron chi connectivity index (χ3n) is 1.99. The van der Waals surface area contributed by atoms with E-state index in [0.29, 0.717) is 13.2 Å². The van der Waals surface area contributed by atoms with Gasteiger partial charge in [-0.25, -0.2) is 0 Å². The highest BCUT2D eigenvalue weighted by Crippen LogP contribution is 2.16. The molecule has 0 saturated heterocycles. The van der Waals surface area contributed by atoms with Gasteiger partial charge in [-0.05, 0) is 6.42 Å². The van der Waals surface area contributed by atoms with Crippen LogP contribution < -0.4 is 0 Å². The first-order valence-electron chi connectivity index (χ1n) is 5.41. The summed E-state index contributed by atoms with van der Waals surface area (Å²) < 4.78 is 46.5. The number of ether oxygens (including phenoxy) is 2. The van der Waals surface area contributed by atoms with E-state index in [-0.39, 0.29) is 25.6 Å². The van der Waals surface area contributed by atoms with Gasteiger partial charge in [0.1, 0.15) is 0 Å². The first-order chi connectivity index (χ1) is 7.99. The molecule has 0 spiro atoms. The van der Waals surface area contributed by atoms with E-state index in [9.17, 15) is 13.2 Å². The minimum Gasteiger partial charge on any atom is -0.385 e. The Bertz CT molecular complexity index is 181. The second-order valence-corrected chi connectivity index (χ2v) is 3.92. The van der Waals surface area contributed by atoms with Crippen molar-refractivity contribution in [2.45, 2.75) is 12.6 Å². The van der Waals surface area contributed by atoms with E-state index in [0.717, 1.165) is 6.42 Å². The number of rotatable bonds is 10. The highest BCUT2D eigenvalue weighted by molar-refractivity contribution is 6.18. The lowest BCUT2D eigenvalue weighted by atomic mass is 10.4. The number of methoxy groups -OCH3 is 1. The van der Waals surface area contributed by atoms with Crippen LogP contribution >= 0.6 is 11.6 Å². The van der Waals surface area contributed by atoms with Crippen LogP contribution in [0.1, 0.15) is 6.42 Å². The number of hydrogen-bond donors (Lipinski definition) is 0. The molecule has 0 N–H and O–H groups in total. The Morgan fingerprint density at radius 3 is 2.35 bits per heavy atom. The van der Waals surface area contributed by atoms with Crippen LogP contribution in [0, 0.1) is 0 Å². The van der Waals surface area contributed by atoms with Gasteiger partial charge in [0.2, 0.25) is 0 Å². The lowest BCUT2D eigenvalue weighted by Gasteiger charge is -2.22. The fourth-order valence-corrected chi connectivity index (χ4v) is 1.48. The van der Waals surface area contributed by atoms with Gasteiger partial charge >= 0.3 is 6.18 Å². The van der Waals surface area contributed by atoms with Gasteiger partial charge < -0.3 is 9.47 Å². The van der Waals surface area contributed by atoms with Gasteiger partial charge in [0.15, 0.2) is 0 Å². The van der Waals surface area contributed by atoms with E-state index in [1.165, 1.54) is 4.90 Å². The molecule has 17 heavy (non-hydrogen) atoms. The molecule has 0 fully saturated rings. The molecular formula is C10H19ClF3NO2. The third-order valence-corrected chi connectivity index (χ3v) is 2.16. The summed E-state index contributed by atoms with van der Waals surface area (Å²) >= 11 is 5.44. The largest absolute Gasteiger partial charge is 0.401 e. The van der Waals surface area contributed by atoms with Crippen LogP contribution in [0.25, 0.3) is 0 Å². The van der Waals surface area contributed by atoms with Crippen molar-refractivity contribution in [3.05, 3.63) is 0 Å². The Labute approximate surface area is 105 Å². The van der Waals surface area contributed by atoms with Crippen LogP contribution in [0.15, 0.2) is 0 Å². The molecule has 0 radical (unpaired) electrons. The average molecular weight is 278 g/mol. The molecule has 104 valence electrons. The van der Waals surface area contributed by atoms with E-state index < -0.39 is 12.7 Å². The molecule has 0 heterocycles. The van der Waals surface area contributed by atoms with Crippen molar-refractivity contribution in [2.75, 3.05) is 52.4 Å². The molecule has 0 rings (SSSR count). The van der Waals surface area contributed by atoms with Crippen molar-refractivity contribution < 1.29 is 22.6 Å². The molecule has 0 aliphatic rings. The molecule has 0 aliphatic carbocycles. The van der Waals surface area contributed by atoms with Crippen molar-refractivity contribution in [1.82, 2.24) is 4.90 Å². The second kappa shape index (κ2) is 9.94. The molecule has 7 heteroatoms. The number of nitrogens with zero attached hydrogens (tertiary/aromatic N) is 1. The van der Waals surface area contributed by atoms with Crippen molar-refractivity contribution in [3.63, 3.8) is 0 Å². The van der Waals surface area contributed by atoms with Gasteiger partial charge in [0.05, 0.1) is 13.2 Å². The highest BCUT2D eigenvalue weighted by Gasteiger charge is 2.30. The van der Waals surface area contributed by atoms with E-state index in [1.807, 2.05) is 0 Å². The highest BCUT2D eigenvalue weighted by atomic mass is 35.5. The molecule has 0 atom stereocenters. The summed E-state index contributed by atoms with van der Waals surface area (Å²) in [4.78, 5) is 1.24. The van der Waals surface area contributed by atoms with Crippen molar-refractivity contribution in [2.24, 2.45) is 0 Å². The predicted molar refractivity (Wildman–Crippen MR) is 60.5 cm³/mol. The monoisotopic (exact) mass is 277 g/mol. The van der Waals surface area contributed by atoms with E-state index in [2.05, 4.69) is 0 Å². The van der Waals surface area contributed by atoms with Crippen molar-refractivity contribution in [3.8, 4) is 0 Å². The van der Waals surface area contributed by atoms with Crippen LogP contribution in [-0.2, 0) is 9.47 Å². The molecular weight excluding hydrogens is 259 g/mol. The maximum atomic E-state index is 12.2. The van der Waals surface area contributed by atoms with Gasteiger partial charge in [-0.15, -0.1) is 11.6 Å². The van der Waals surface area contributed by atoms with Crippen LogP contribution in [0.5, 0.6) is 0 Å². The number of hydrogen-bond acceptors (Lipinski definition) is 3. The fourth-order valence-electron chi connectivity index (χ4n) is 1.24. The molecule has 0 unspecified atom stereocenters. The minimum atomic E-state index is -4.19. The van der Waals surface area contributed by atoms with Crippen LogP contribution in [0.4, 0.5) is 13.2 Å². The topological polar surface area (TPSA) is 21.7 Å². The van der Waals surface area contributed by atoms with Gasteiger partial charge in [-0.1, -0.05) is 0 Å². The molecule has 0 aromatic rings. The van der Waals surface area contributed by atoms with Gasteiger partial charge in [0.25, 0.3) is 0 Å². The number of halogens is 4. The lowest BCUT2D eigenvalue weighted by molar-refractivity contribution is -0.146. The average Bonchev–Trinajstić information content (AvgIpc) is 2.21. The third kappa shape index (κ3) is 12.2. The standard InChI is InChI=1S/C10H19ClF3NO2/c1-16-6-2-7-17-8-5-15(4-3-11)9-10(12,13)14/h2-9H2,1H3. The first-order valence-corrected chi connectivity index (χ1v) is 5.95. The van der Waals surface area contributed by atoms with Crippen molar-refractivity contribution >= 4 is 11.6 Å². The summed E-state index contributed by atoms with van der Waals surface area (Å²) in [6, 6.07) is 0. The van der Waals surface area contributed by atoms with E-state index in [4.69, 9.17) is 21.1 Å². The van der Waals surface area contributed by atoms with Crippen LogP contribution in [-0.4, -0.2) is 63.5 Å². The van der Waals surface area contributed by atoms with Crippen LogP contribution in [0.3, 0.4) is 0 Å². The Morgan fingerprint density at radius 1 is 1.12 bits per heavy atom. The lowest BCUT2D eigenvalue weighted by Crippen LogP contribution is -2.37. The first kappa shape index (κ1) is 17.0. The zero-order valence-electron chi connectivity index (χ0n) is 9.93. The summed E-state index contributed by atoms with van der Waals surface area (Å²) in [5, 5.41) is 0. The Kier molecular flexibility index (Phi) is 9.91. The summed E-state index contributed by atoms with van der Waals surface area (Å²) in [6.45, 7) is 0.863. The molecule has 3 nitrogen and oxygen atoms in total. The second-order valence-electron chi connectivity index (χ2n) is 3.54. The zero-order chi connectivity index (χ0) is 13.1. The molecule has 0 aliphatic heterocycles. The maximum Gasteiger partial charge on any atom is 0.401 e. The Morgan fingerprint density at radius 2 is 1.82 bits per heavy atom. The molecule has 0 amide bonds. The van der Waals surface area contributed by atoms with Crippen LogP contribution in [0.2, 0.25) is 0 Å². The van der Waals surface area contributed by atoms with Gasteiger partial charge in [0, 0.05) is 39.3 Å². The predicted octanol–water partition coefficient (Wildman–Crippen LogP) is 2.14. The maximum absolute atomic E-state index is 12.2. The molecule has 0 saturated carbocycles. The number of alkyl halides is 4. The minimum absolute atomic E-state index is 0.180. The van der Waals surface area contributed by atoms with Crippen molar-refractivity contribution in [1.29, 1.82) is 0 Å². The quantitative estimate of drug-likeness (QED) is 0.451. The summed E-state index contributed by atoms with van der Waals surface area (Å²) in [5.74, 6) is 0.180. The van der Waals surface area contributed by atoms with E-state index in [1.54, 1.807) is 7.11 Å². The summed E-state index contributed by atoms with van der Waals surface area (Å²) in [5.41, 5.74) is 0. The zero-order valence-corrected chi connectivity index (χ0v) is 10.7. The Balaban J connectivity index is 3.63. The Hall–Kier alpha value is -0.0400. The van der Waals surface area contributed by atoms with Gasteiger partial charge in [-0.3, -0.25) is 4.90 Å². The smallest absolute Gasteiger partial charge is 0.385 e. The molecule has 0 aromatic heterocycles. The van der Waals surface area contributed by atoms with Gasteiger partial charge in [-0.2, -0.15) is 13.2 Å². The SMILES string of the molecule is COCCCOCCN(CCCl)CC(F)(F)F. The molecule has 0 aromatic carbocycles. The fraction of sp³-hybridized carbons (Fsp3) is 1.00. The summed E-state index contributed by atoms with van der Waals surface area (Å²) in [6.07, 6.45) is -3.45. The van der Waals surface area contributed by atoms with E-state index >= 15 is 0 Å². The molecule has 0 bridgehead atoms.